The normalized spacial score (nSPS) is 13.6. The molecule has 0 aromatic heterocycles. The molecule has 382 valence electrons. The predicted molar refractivity (Wildman–Crippen MR) is 212 cm³/mol. The Morgan fingerprint density at radius 2 is 0.586 bits per heavy atom. The lowest BCUT2D eigenvalue weighted by Gasteiger charge is -2.46. The Morgan fingerprint density at radius 1 is 0.386 bits per heavy atom. The van der Waals surface area contributed by atoms with Crippen molar-refractivity contribution in [2.24, 2.45) is 0 Å². The fraction of sp³-hybridized carbons (Fsp3) is 0.262. The zero-order valence-corrected chi connectivity index (χ0v) is 36.1. The first-order valence-corrected chi connectivity index (χ1v) is 21.2. The molecule has 0 saturated heterocycles. The standard InChI is InChI=1S/C32H12BF24.C10H12OS2/c34-25(35,36)13-1-14(26(37,38)39)6-21(5-13)33(22-7-15(27(40,41)42)2-16(8-22)28(43,44)45,23-9-17(29(46,47)48)3-18(10-23)30(49,50)51)24-11-19(31(52,53)54)4-20(12-24)32(55,56)57;1-13(2)7-9(11)8-5-3-4-6-10(8)12/h1-12H;3-6H,7H2,1-2H3/q-1;/p+1. The molecule has 0 heterocycles. The molecule has 0 spiro atoms. The minimum atomic E-state index is -6.13. The van der Waals surface area contributed by atoms with Crippen LogP contribution in [0.4, 0.5) is 105 Å². The Balaban J connectivity index is 0.000000707. The third-order valence-corrected chi connectivity index (χ3v) is 11.3. The maximum Gasteiger partial charge on any atom is 0.416 e. The van der Waals surface area contributed by atoms with Crippen LogP contribution in [0.1, 0.15) is 54.9 Å². The third kappa shape index (κ3) is 13.4. The minimum absolute atomic E-state index is 0.162. The molecular weight excluding hydrogens is 1050 g/mol. The number of Topliss-reactive ketones (excluding diaryl/α,β-unsaturated/α-hetero) is 1. The highest BCUT2D eigenvalue weighted by atomic mass is 32.2. The van der Waals surface area contributed by atoms with Crippen LogP contribution < -0.4 is 21.9 Å². The Labute approximate surface area is 386 Å². The fourth-order valence-corrected chi connectivity index (χ4v) is 8.09. The van der Waals surface area contributed by atoms with Gasteiger partial charge in [-0.25, -0.2) is 0 Å². The Bertz CT molecular complexity index is 2260. The molecule has 0 aliphatic rings. The average molecular weight is 1080 g/mol. The molecule has 1 nitrogen and oxygen atoms in total. The summed E-state index contributed by atoms with van der Waals surface area (Å²) in [6.07, 6.45) is -50.7. The van der Waals surface area contributed by atoms with Gasteiger partial charge in [-0.3, -0.25) is 4.79 Å². The van der Waals surface area contributed by atoms with Crippen molar-refractivity contribution in [2.45, 2.75) is 54.3 Å². The summed E-state index contributed by atoms with van der Waals surface area (Å²) < 4.78 is 341. The maximum atomic E-state index is 14.2. The number of carbonyl (C=O) groups excluding carboxylic acids is 1. The van der Waals surface area contributed by atoms with Gasteiger partial charge in [0.1, 0.15) is 6.15 Å². The molecule has 0 aliphatic heterocycles. The number of benzene rings is 5. The second-order valence-corrected chi connectivity index (χ2v) is 18.0. The maximum absolute atomic E-state index is 14.2. The van der Waals surface area contributed by atoms with Crippen LogP contribution in [0.3, 0.4) is 0 Å². The summed E-state index contributed by atoms with van der Waals surface area (Å²) in [5, 5.41) is 0. The highest BCUT2D eigenvalue weighted by Gasteiger charge is 2.47. The highest BCUT2D eigenvalue weighted by molar-refractivity contribution is 7.96. The van der Waals surface area contributed by atoms with Crippen molar-refractivity contribution in [3.8, 4) is 0 Å². The molecule has 70 heavy (non-hydrogen) atoms. The lowest BCUT2D eigenvalue weighted by molar-refractivity contribution is -0.144. The topological polar surface area (TPSA) is 17.1 Å². The van der Waals surface area contributed by atoms with Gasteiger partial charge in [-0.1, -0.05) is 66.7 Å². The second kappa shape index (κ2) is 19.5. The SMILES string of the molecule is C[S+](C)CC(=O)c1ccccc1S.FC(F)(F)c1cc([B-](c2cc(C(F)(F)F)cc(C(F)(F)F)c2)(c2cc(C(F)(F)F)cc(C(F)(F)F)c2)c2cc(C(F)(F)F)cc(C(F)(F)F)c2)cc(C(F)(F)F)c1. The fourth-order valence-electron chi connectivity index (χ4n) is 7.12. The van der Waals surface area contributed by atoms with Crippen LogP contribution in [-0.4, -0.2) is 30.2 Å². The summed E-state index contributed by atoms with van der Waals surface area (Å²) in [4.78, 5) is 12.4. The summed E-state index contributed by atoms with van der Waals surface area (Å²) in [5.41, 5.74) is -29.5. The lowest BCUT2D eigenvalue weighted by Crippen LogP contribution is -2.75. The number of rotatable bonds is 7. The van der Waals surface area contributed by atoms with Crippen LogP contribution in [0, 0.1) is 0 Å². The van der Waals surface area contributed by atoms with E-state index in [0.29, 0.717) is 5.75 Å². The van der Waals surface area contributed by atoms with E-state index in [1.807, 2.05) is 24.3 Å². The molecule has 0 saturated carbocycles. The summed E-state index contributed by atoms with van der Waals surface area (Å²) in [5.74, 6) is 0.816. The summed E-state index contributed by atoms with van der Waals surface area (Å²) >= 11 is 4.24. The molecule has 0 aliphatic carbocycles. The van der Waals surface area contributed by atoms with E-state index in [1.54, 1.807) is 0 Å². The van der Waals surface area contributed by atoms with Crippen LogP contribution >= 0.6 is 12.6 Å². The lowest BCUT2D eigenvalue weighted by atomic mass is 9.12. The van der Waals surface area contributed by atoms with Crippen LogP contribution in [-0.2, 0) is 60.3 Å². The molecule has 0 bridgehead atoms. The molecule has 5 rings (SSSR count). The van der Waals surface area contributed by atoms with Gasteiger partial charge in [0.05, 0.1) is 57.0 Å². The van der Waals surface area contributed by atoms with Crippen LogP contribution in [0.25, 0.3) is 0 Å². The first kappa shape index (κ1) is 57.4. The molecule has 0 unspecified atom stereocenters. The van der Waals surface area contributed by atoms with E-state index in [2.05, 4.69) is 25.1 Å². The zero-order chi connectivity index (χ0) is 53.8. The number of hydrogen-bond acceptors (Lipinski definition) is 2. The van der Waals surface area contributed by atoms with E-state index in [9.17, 15) is 110 Å². The predicted octanol–water partition coefficient (Wildman–Crippen LogP) is 13.3. The molecular formula is C42H25BF24OS2. The van der Waals surface area contributed by atoms with Gasteiger partial charge in [-0.15, -0.1) is 12.6 Å². The molecule has 0 radical (unpaired) electrons. The van der Waals surface area contributed by atoms with E-state index in [4.69, 9.17) is 0 Å². The monoisotopic (exact) mass is 1080 g/mol. The van der Waals surface area contributed by atoms with Crippen LogP contribution in [0.15, 0.2) is 102 Å². The van der Waals surface area contributed by atoms with Crippen molar-refractivity contribution in [1.29, 1.82) is 0 Å². The van der Waals surface area contributed by atoms with Gasteiger partial charge in [-0.2, -0.15) is 127 Å². The average Bonchev–Trinajstić information content (AvgIpc) is 3.18. The Morgan fingerprint density at radius 3 is 0.757 bits per heavy atom. The van der Waals surface area contributed by atoms with Crippen molar-refractivity contribution in [2.75, 3.05) is 18.3 Å². The van der Waals surface area contributed by atoms with Crippen molar-refractivity contribution in [3.05, 3.63) is 147 Å². The Hall–Kier alpha value is -5.15. The van der Waals surface area contributed by atoms with Gasteiger partial charge in [-0.05, 0) is 41.2 Å². The number of thiol groups is 1. The van der Waals surface area contributed by atoms with Crippen molar-refractivity contribution in [1.82, 2.24) is 0 Å². The summed E-state index contributed by atoms with van der Waals surface area (Å²) in [6.45, 7) is 0. The van der Waals surface area contributed by atoms with Gasteiger partial charge in [0.25, 0.3) is 0 Å². The number of halogens is 24. The van der Waals surface area contributed by atoms with E-state index < -0.39 is 195 Å². The van der Waals surface area contributed by atoms with Crippen LogP contribution in [0.2, 0.25) is 0 Å². The highest BCUT2D eigenvalue weighted by Crippen LogP contribution is 2.41. The zero-order valence-electron chi connectivity index (χ0n) is 34.4. The van der Waals surface area contributed by atoms with Gasteiger partial charge in [0.2, 0.25) is 5.78 Å². The summed E-state index contributed by atoms with van der Waals surface area (Å²) in [7, 11) is 0.162. The molecule has 28 heteroatoms. The second-order valence-electron chi connectivity index (χ2n) is 15.3. The quantitative estimate of drug-likeness (QED) is 0.0565. The molecule has 0 N–H and O–H groups in total. The molecule has 0 fully saturated rings. The van der Waals surface area contributed by atoms with Crippen LogP contribution in [0.5, 0.6) is 0 Å². The smallest absolute Gasteiger partial charge is 0.289 e. The van der Waals surface area contributed by atoms with Gasteiger partial charge < -0.3 is 0 Å². The van der Waals surface area contributed by atoms with Gasteiger partial charge >= 0.3 is 49.4 Å². The van der Waals surface area contributed by atoms with Crippen molar-refractivity contribution in [3.63, 3.8) is 0 Å². The number of alkyl halides is 24. The minimum Gasteiger partial charge on any atom is -0.289 e. The molecule has 0 amide bonds. The molecule has 5 aromatic rings. The van der Waals surface area contributed by atoms with Gasteiger partial charge in [0, 0.05) is 10.5 Å². The number of ketones is 1. The largest absolute Gasteiger partial charge is 0.416 e. The molecule has 0 atom stereocenters. The van der Waals surface area contributed by atoms with E-state index in [-0.39, 0.29) is 16.7 Å². The summed E-state index contributed by atoms with van der Waals surface area (Å²) in [6, 6.07) is -1.38. The first-order chi connectivity index (χ1) is 31.4. The van der Waals surface area contributed by atoms with Gasteiger partial charge in [0.15, 0.2) is 5.75 Å². The first-order valence-electron chi connectivity index (χ1n) is 18.6. The van der Waals surface area contributed by atoms with E-state index in [1.165, 1.54) is 0 Å². The van der Waals surface area contributed by atoms with Crippen molar-refractivity contribution >= 4 is 57.3 Å². The molecule has 5 aromatic carbocycles. The Kier molecular flexibility index (Phi) is 16.0. The van der Waals surface area contributed by atoms with E-state index in [0.717, 1.165) is 10.5 Å². The number of carbonyl (C=O) groups is 1. The van der Waals surface area contributed by atoms with Crippen molar-refractivity contribution < 1.29 is 110 Å². The number of hydrogen-bond donors (Lipinski definition) is 1. The van der Waals surface area contributed by atoms with E-state index >= 15 is 0 Å². The third-order valence-electron chi connectivity index (χ3n) is 10.1.